The smallest absolute Gasteiger partial charge is 0.254 e. The van der Waals surface area contributed by atoms with Gasteiger partial charge in [0.25, 0.3) is 11.5 Å². The molecule has 0 aliphatic rings. The number of pyridine rings is 1. The van der Waals surface area contributed by atoms with Crippen LogP contribution in [-0.2, 0) is 6.54 Å². The van der Waals surface area contributed by atoms with Crippen LogP contribution in [0.5, 0.6) is 5.75 Å². The molecule has 6 heteroatoms. The molecule has 0 saturated carbocycles. The highest BCUT2D eigenvalue weighted by atomic mass is 19.1. The Bertz CT molecular complexity index is 1010. The van der Waals surface area contributed by atoms with Crippen molar-refractivity contribution in [2.45, 2.75) is 19.9 Å². The van der Waals surface area contributed by atoms with E-state index in [1.165, 1.54) is 24.3 Å². The summed E-state index contributed by atoms with van der Waals surface area (Å²) in [5, 5.41) is 0.857. The molecular formula is C21H21FN2O3. The van der Waals surface area contributed by atoms with E-state index < -0.39 is 5.82 Å². The minimum atomic E-state index is -0.394. The van der Waals surface area contributed by atoms with Crippen molar-refractivity contribution in [1.29, 1.82) is 0 Å². The SMILES string of the molecule is CCCN(Cc1cc2ccc(OC)cc2[nH]c1=O)C(=O)c1ccc(F)cc1. The van der Waals surface area contributed by atoms with Crippen LogP contribution in [0.4, 0.5) is 4.39 Å². The Balaban J connectivity index is 1.91. The Morgan fingerprint density at radius 2 is 1.89 bits per heavy atom. The third-order valence-corrected chi connectivity index (χ3v) is 4.36. The fourth-order valence-corrected chi connectivity index (χ4v) is 2.97. The lowest BCUT2D eigenvalue weighted by Gasteiger charge is -2.22. The Hall–Kier alpha value is -3.15. The highest BCUT2D eigenvalue weighted by Gasteiger charge is 2.17. The Morgan fingerprint density at radius 3 is 2.56 bits per heavy atom. The molecule has 0 atom stereocenters. The number of carbonyl (C=O) groups is 1. The maximum atomic E-state index is 13.1. The van der Waals surface area contributed by atoms with Crippen molar-refractivity contribution in [3.05, 3.63) is 75.8 Å². The molecule has 1 aromatic heterocycles. The number of carbonyl (C=O) groups excluding carboxylic acids is 1. The van der Waals surface area contributed by atoms with Crippen molar-refractivity contribution in [1.82, 2.24) is 9.88 Å². The van der Waals surface area contributed by atoms with Gasteiger partial charge in [-0.15, -0.1) is 0 Å². The summed E-state index contributed by atoms with van der Waals surface area (Å²) in [4.78, 5) is 29.7. The lowest BCUT2D eigenvalue weighted by molar-refractivity contribution is 0.0742. The quantitative estimate of drug-likeness (QED) is 0.721. The lowest BCUT2D eigenvalue weighted by Crippen LogP contribution is -2.33. The summed E-state index contributed by atoms with van der Waals surface area (Å²) in [6.07, 6.45) is 0.746. The van der Waals surface area contributed by atoms with Crippen molar-refractivity contribution < 1.29 is 13.9 Å². The zero-order chi connectivity index (χ0) is 19.4. The molecule has 0 saturated heterocycles. The van der Waals surface area contributed by atoms with Crippen molar-refractivity contribution in [2.24, 2.45) is 0 Å². The number of ether oxygens (including phenoxy) is 1. The number of methoxy groups -OCH3 is 1. The number of nitrogens with one attached hydrogen (secondary N) is 1. The fraction of sp³-hybridized carbons (Fsp3) is 0.238. The van der Waals surface area contributed by atoms with Gasteiger partial charge in [0, 0.05) is 23.7 Å². The first kappa shape index (κ1) is 18.6. The monoisotopic (exact) mass is 368 g/mol. The van der Waals surface area contributed by atoms with Gasteiger partial charge in [0.15, 0.2) is 0 Å². The van der Waals surface area contributed by atoms with Gasteiger partial charge in [-0.25, -0.2) is 4.39 Å². The van der Waals surface area contributed by atoms with Gasteiger partial charge in [-0.05, 0) is 54.3 Å². The van der Waals surface area contributed by atoms with Crippen LogP contribution >= 0.6 is 0 Å². The first-order chi connectivity index (χ1) is 13.0. The highest BCUT2D eigenvalue weighted by Crippen LogP contribution is 2.19. The normalized spacial score (nSPS) is 10.8. The van der Waals surface area contributed by atoms with Gasteiger partial charge in [-0.3, -0.25) is 9.59 Å². The molecule has 5 nitrogen and oxygen atoms in total. The summed E-state index contributed by atoms with van der Waals surface area (Å²) in [6.45, 7) is 2.64. The molecule has 1 N–H and O–H groups in total. The standard InChI is InChI=1S/C21H21FN2O3/c1-3-10-24(21(26)14-4-7-17(22)8-5-14)13-16-11-15-6-9-18(27-2)12-19(15)23-20(16)25/h4-9,11-12H,3,10,13H2,1-2H3,(H,23,25). The summed E-state index contributed by atoms with van der Waals surface area (Å²) in [7, 11) is 1.57. The minimum absolute atomic E-state index is 0.182. The second kappa shape index (κ2) is 8.03. The van der Waals surface area contributed by atoms with Gasteiger partial charge in [0.1, 0.15) is 11.6 Å². The molecule has 0 radical (unpaired) electrons. The van der Waals surface area contributed by atoms with Crippen LogP contribution in [0.15, 0.2) is 53.3 Å². The molecule has 27 heavy (non-hydrogen) atoms. The second-order valence-electron chi connectivity index (χ2n) is 6.31. The summed E-state index contributed by atoms with van der Waals surface area (Å²) in [5.74, 6) is 0.0334. The van der Waals surface area contributed by atoms with E-state index in [0.717, 1.165) is 11.8 Å². The predicted molar refractivity (Wildman–Crippen MR) is 103 cm³/mol. The van der Waals surface area contributed by atoms with Gasteiger partial charge >= 0.3 is 0 Å². The number of rotatable bonds is 6. The summed E-state index contributed by atoms with van der Waals surface area (Å²) < 4.78 is 18.3. The van der Waals surface area contributed by atoms with Crippen molar-refractivity contribution in [2.75, 3.05) is 13.7 Å². The number of aromatic amines is 1. The Kier molecular flexibility index (Phi) is 5.54. The maximum Gasteiger partial charge on any atom is 0.254 e. The zero-order valence-electron chi connectivity index (χ0n) is 15.3. The van der Waals surface area contributed by atoms with Gasteiger partial charge in [0.2, 0.25) is 0 Å². The second-order valence-corrected chi connectivity index (χ2v) is 6.31. The molecule has 0 unspecified atom stereocenters. The van der Waals surface area contributed by atoms with Gasteiger partial charge in [-0.1, -0.05) is 6.92 Å². The number of nitrogens with zero attached hydrogens (tertiary/aromatic N) is 1. The summed E-state index contributed by atoms with van der Waals surface area (Å²) in [6, 6.07) is 12.6. The van der Waals surface area contributed by atoms with Gasteiger partial charge in [-0.2, -0.15) is 0 Å². The van der Waals surface area contributed by atoms with Crippen LogP contribution in [0.1, 0.15) is 29.3 Å². The number of hydrogen-bond donors (Lipinski definition) is 1. The molecule has 0 bridgehead atoms. The van der Waals surface area contributed by atoms with Crippen LogP contribution in [0, 0.1) is 5.82 Å². The first-order valence-electron chi connectivity index (χ1n) is 8.76. The topological polar surface area (TPSA) is 62.4 Å². The fourth-order valence-electron chi connectivity index (χ4n) is 2.97. The molecule has 3 rings (SSSR count). The molecule has 3 aromatic rings. The maximum absolute atomic E-state index is 13.1. The Morgan fingerprint density at radius 1 is 1.15 bits per heavy atom. The van der Waals surface area contributed by atoms with Gasteiger partial charge in [0.05, 0.1) is 19.2 Å². The van der Waals surface area contributed by atoms with Crippen molar-refractivity contribution in [3.8, 4) is 5.75 Å². The van der Waals surface area contributed by atoms with Gasteiger partial charge < -0.3 is 14.6 Å². The van der Waals surface area contributed by atoms with E-state index in [1.807, 2.05) is 19.1 Å². The number of H-pyrrole nitrogens is 1. The van der Waals surface area contributed by atoms with Crippen molar-refractivity contribution in [3.63, 3.8) is 0 Å². The van der Waals surface area contributed by atoms with Crippen LogP contribution in [0.25, 0.3) is 10.9 Å². The molecule has 0 aliphatic heterocycles. The average molecular weight is 368 g/mol. The van der Waals surface area contributed by atoms with Crippen molar-refractivity contribution >= 4 is 16.8 Å². The number of fused-ring (bicyclic) bond motifs is 1. The molecule has 2 aromatic carbocycles. The largest absolute Gasteiger partial charge is 0.497 e. The zero-order valence-corrected chi connectivity index (χ0v) is 15.3. The molecule has 140 valence electrons. The molecule has 1 amide bonds. The van der Waals surface area contributed by atoms with E-state index in [2.05, 4.69) is 4.98 Å². The Labute approximate surface area is 156 Å². The third-order valence-electron chi connectivity index (χ3n) is 4.36. The predicted octanol–water partition coefficient (Wildman–Crippen LogP) is 3.73. The number of halogens is 1. The van der Waals surface area contributed by atoms with Crippen LogP contribution in [0.2, 0.25) is 0 Å². The van der Waals surface area contributed by atoms with Crippen LogP contribution < -0.4 is 10.3 Å². The summed E-state index contributed by atoms with van der Waals surface area (Å²) in [5.41, 5.74) is 1.32. The van der Waals surface area contributed by atoms with E-state index in [9.17, 15) is 14.0 Å². The van der Waals surface area contributed by atoms with E-state index in [-0.39, 0.29) is 18.0 Å². The summed E-state index contributed by atoms with van der Waals surface area (Å²) >= 11 is 0. The number of aromatic nitrogens is 1. The van der Waals surface area contributed by atoms with Crippen LogP contribution in [0.3, 0.4) is 0 Å². The van der Waals surface area contributed by atoms with E-state index >= 15 is 0 Å². The molecule has 0 fully saturated rings. The minimum Gasteiger partial charge on any atom is -0.497 e. The molecule has 1 heterocycles. The number of hydrogen-bond acceptors (Lipinski definition) is 3. The molecule has 0 aliphatic carbocycles. The number of benzene rings is 2. The van der Waals surface area contributed by atoms with E-state index in [0.29, 0.717) is 28.9 Å². The highest BCUT2D eigenvalue weighted by molar-refractivity contribution is 5.94. The molecule has 0 spiro atoms. The first-order valence-corrected chi connectivity index (χ1v) is 8.76. The average Bonchev–Trinajstić information content (AvgIpc) is 2.67. The lowest BCUT2D eigenvalue weighted by atomic mass is 10.1. The van der Waals surface area contributed by atoms with E-state index in [4.69, 9.17) is 4.74 Å². The third kappa shape index (κ3) is 4.16. The van der Waals surface area contributed by atoms with Crippen LogP contribution in [-0.4, -0.2) is 29.4 Å². The van der Waals surface area contributed by atoms with E-state index in [1.54, 1.807) is 24.1 Å². The number of amides is 1. The molecular weight excluding hydrogens is 347 g/mol.